The quantitative estimate of drug-likeness (QED) is 0.685. The molecule has 0 radical (unpaired) electrons. The molecule has 3 heteroatoms. The van der Waals surface area contributed by atoms with Crippen molar-refractivity contribution in [1.82, 2.24) is 4.98 Å². The number of hydrogen-bond acceptors (Lipinski definition) is 2. The fourth-order valence-electron chi connectivity index (χ4n) is 0.864. The second-order valence-corrected chi connectivity index (χ2v) is 4.71. The second kappa shape index (κ2) is 3.75. The first-order chi connectivity index (χ1) is 5.60. The molecule has 0 aromatic carbocycles. The number of alkyl halides is 1. The molecule has 0 spiro atoms. The highest BCUT2D eigenvalue weighted by Gasteiger charge is 2.20. The number of halogens is 1. The maximum absolute atomic E-state index is 5.68. The maximum Gasteiger partial charge on any atom is 0.108 e. The van der Waals surface area contributed by atoms with Crippen LogP contribution in [0.5, 0.6) is 0 Å². The summed E-state index contributed by atoms with van der Waals surface area (Å²) in [5.41, 5.74) is 1.37. The minimum Gasteiger partial charge on any atom is -0.244 e. The van der Waals surface area contributed by atoms with Gasteiger partial charge in [0.05, 0.1) is 11.6 Å². The molecule has 12 heavy (non-hydrogen) atoms. The van der Waals surface area contributed by atoms with Crippen molar-refractivity contribution in [2.24, 2.45) is 0 Å². The van der Waals surface area contributed by atoms with Crippen molar-refractivity contribution < 1.29 is 0 Å². The van der Waals surface area contributed by atoms with Crippen LogP contribution in [0.2, 0.25) is 0 Å². The van der Waals surface area contributed by atoms with Gasteiger partial charge in [0.15, 0.2) is 0 Å². The van der Waals surface area contributed by atoms with Crippen molar-refractivity contribution in [3.8, 4) is 0 Å². The molecule has 1 aromatic heterocycles. The third-order valence-electron chi connectivity index (χ3n) is 2.24. The molecule has 0 amide bonds. The number of nitrogens with zero attached hydrogens (tertiary/aromatic N) is 1. The Morgan fingerprint density at radius 2 is 2.25 bits per heavy atom. The van der Waals surface area contributed by atoms with Crippen LogP contribution < -0.4 is 0 Å². The van der Waals surface area contributed by atoms with E-state index in [0.717, 1.165) is 11.4 Å². The Bertz CT molecular complexity index is 255. The summed E-state index contributed by atoms with van der Waals surface area (Å²) in [7, 11) is 0. The molecule has 0 bridgehead atoms. The first-order valence-electron chi connectivity index (χ1n) is 4.11. The Balaban J connectivity index is 2.88. The van der Waals surface area contributed by atoms with E-state index in [-0.39, 0.29) is 5.41 Å². The summed E-state index contributed by atoms with van der Waals surface area (Å²) < 4.78 is 0. The lowest BCUT2D eigenvalue weighted by molar-refractivity contribution is 0.492. The van der Waals surface area contributed by atoms with Gasteiger partial charge in [-0.15, -0.1) is 22.9 Å². The first kappa shape index (κ1) is 10.0. The van der Waals surface area contributed by atoms with Crippen LogP contribution in [-0.4, -0.2) is 4.98 Å². The standard InChI is InChI=1S/C9H14ClNS/c1-4-9(2,3)7-6-12-8(5-10)11-7/h6H,4-5H2,1-3H3. The fraction of sp³-hybridized carbons (Fsp3) is 0.667. The van der Waals surface area contributed by atoms with Crippen LogP contribution in [0.25, 0.3) is 0 Å². The van der Waals surface area contributed by atoms with Gasteiger partial charge in [-0.2, -0.15) is 0 Å². The zero-order valence-electron chi connectivity index (χ0n) is 7.72. The topological polar surface area (TPSA) is 12.9 Å². The average Bonchev–Trinajstić information content (AvgIpc) is 2.52. The molecule has 0 atom stereocenters. The lowest BCUT2D eigenvalue weighted by Gasteiger charge is -2.19. The molecule has 1 heterocycles. The van der Waals surface area contributed by atoms with Gasteiger partial charge in [0.25, 0.3) is 0 Å². The number of hydrogen-bond donors (Lipinski definition) is 0. The third-order valence-corrected chi connectivity index (χ3v) is 3.50. The molecule has 0 saturated carbocycles. The summed E-state index contributed by atoms with van der Waals surface area (Å²) in [6.45, 7) is 6.60. The minimum atomic E-state index is 0.195. The van der Waals surface area contributed by atoms with Gasteiger partial charge in [-0.25, -0.2) is 4.98 Å². The zero-order valence-corrected chi connectivity index (χ0v) is 9.30. The average molecular weight is 204 g/mol. The van der Waals surface area contributed by atoms with Crippen LogP contribution in [-0.2, 0) is 11.3 Å². The van der Waals surface area contributed by atoms with Crippen molar-refractivity contribution >= 4 is 22.9 Å². The molecule has 1 rings (SSSR count). The van der Waals surface area contributed by atoms with E-state index < -0.39 is 0 Å². The Morgan fingerprint density at radius 3 is 2.67 bits per heavy atom. The molecule has 1 aromatic rings. The first-order valence-corrected chi connectivity index (χ1v) is 5.52. The van der Waals surface area contributed by atoms with Crippen LogP contribution >= 0.6 is 22.9 Å². The highest BCUT2D eigenvalue weighted by Crippen LogP contribution is 2.27. The zero-order chi connectivity index (χ0) is 9.19. The van der Waals surface area contributed by atoms with Crippen molar-refractivity contribution in [2.75, 3.05) is 0 Å². The molecule has 1 nitrogen and oxygen atoms in total. The summed E-state index contributed by atoms with van der Waals surface area (Å²) in [6.07, 6.45) is 1.11. The van der Waals surface area contributed by atoms with Gasteiger partial charge in [0.2, 0.25) is 0 Å². The molecular formula is C9H14ClNS. The lowest BCUT2D eigenvalue weighted by Crippen LogP contribution is -2.15. The molecule has 0 aliphatic rings. The molecule has 0 saturated heterocycles. The van der Waals surface area contributed by atoms with E-state index in [1.54, 1.807) is 11.3 Å². The number of aromatic nitrogens is 1. The normalized spacial score (nSPS) is 12.0. The van der Waals surface area contributed by atoms with E-state index >= 15 is 0 Å². The van der Waals surface area contributed by atoms with Gasteiger partial charge in [-0.1, -0.05) is 20.8 Å². The number of thiazole rings is 1. The van der Waals surface area contributed by atoms with E-state index in [2.05, 4.69) is 31.1 Å². The molecule has 0 aliphatic heterocycles. The fourth-order valence-corrected chi connectivity index (χ4v) is 1.95. The summed E-state index contributed by atoms with van der Waals surface area (Å²) in [6, 6.07) is 0. The molecule has 0 N–H and O–H groups in total. The van der Waals surface area contributed by atoms with E-state index in [4.69, 9.17) is 11.6 Å². The smallest absolute Gasteiger partial charge is 0.108 e. The van der Waals surface area contributed by atoms with Crippen LogP contribution in [0.3, 0.4) is 0 Å². The van der Waals surface area contributed by atoms with E-state index in [9.17, 15) is 0 Å². The maximum atomic E-state index is 5.68. The third kappa shape index (κ3) is 1.99. The predicted octanol–water partition coefficient (Wildman–Crippen LogP) is 3.57. The van der Waals surface area contributed by atoms with Crippen molar-refractivity contribution in [2.45, 2.75) is 38.5 Å². The molecule has 68 valence electrons. The highest BCUT2D eigenvalue weighted by atomic mass is 35.5. The van der Waals surface area contributed by atoms with Crippen molar-refractivity contribution in [3.63, 3.8) is 0 Å². The van der Waals surface area contributed by atoms with Crippen molar-refractivity contribution in [1.29, 1.82) is 0 Å². The molecule has 0 unspecified atom stereocenters. The number of rotatable bonds is 3. The Kier molecular flexibility index (Phi) is 3.13. The van der Waals surface area contributed by atoms with E-state index in [1.165, 1.54) is 5.69 Å². The van der Waals surface area contributed by atoms with E-state index in [1.807, 2.05) is 0 Å². The van der Waals surface area contributed by atoms with Crippen molar-refractivity contribution in [3.05, 3.63) is 16.1 Å². The molecular weight excluding hydrogens is 190 g/mol. The Morgan fingerprint density at radius 1 is 1.58 bits per heavy atom. The van der Waals surface area contributed by atoms with E-state index in [0.29, 0.717) is 5.88 Å². The SMILES string of the molecule is CCC(C)(C)c1csc(CCl)n1. The van der Waals surface area contributed by atoms with Gasteiger partial charge in [-0.05, 0) is 6.42 Å². The van der Waals surface area contributed by atoms with Crippen LogP contribution in [0, 0.1) is 0 Å². The second-order valence-electron chi connectivity index (χ2n) is 3.50. The van der Waals surface area contributed by atoms with Crippen LogP contribution in [0.15, 0.2) is 5.38 Å². The summed E-state index contributed by atoms with van der Waals surface area (Å²) in [4.78, 5) is 4.46. The Hall–Kier alpha value is -0.0800. The van der Waals surface area contributed by atoms with Gasteiger partial charge in [0.1, 0.15) is 5.01 Å². The summed E-state index contributed by atoms with van der Waals surface area (Å²) in [5.74, 6) is 0.532. The largest absolute Gasteiger partial charge is 0.244 e. The van der Waals surface area contributed by atoms with Crippen LogP contribution in [0.4, 0.5) is 0 Å². The lowest BCUT2D eigenvalue weighted by atomic mass is 9.87. The monoisotopic (exact) mass is 203 g/mol. The Labute approximate surface area is 82.8 Å². The predicted molar refractivity (Wildman–Crippen MR) is 55.0 cm³/mol. The van der Waals surface area contributed by atoms with Gasteiger partial charge < -0.3 is 0 Å². The minimum absolute atomic E-state index is 0.195. The van der Waals surface area contributed by atoms with Gasteiger partial charge >= 0.3 is 0 Å². The molecule has 0 aliphatic carbocycles. The summed E-state index contributed by atoms with van der Waals surface area (Å²) >= 11 is 7.33. The highest BCUT2D eigenvalue weighted by molar-refractivity contribution is 7.09. The van der Waals surface area contributed by atoms with Gasteiger partial charge in [-0.3, -0.25) is 0 Å². The molecule has 0 fully saturated rings. The summed E-state index contributed by atoms with van der Waals surface area (Å²) in [5, 5.41) is 3.13. The van der Waals surface area contributed by atoms with Crippen LogP contribution in [0.1, 0.15) is 37.9 Å². The van der Waals surface area contributed by atoms with Gasteiger partial charge in [0, 0.05) is 10.8 Å².